The summed E-state index contributed by atoms with van der Waals surface area (Å²) >= 11 is 3.61. The number of alkyl halides is 1. The average Bonchev–Trinajstić information content (AvgIpc) is 2.47. The molecule has 0 amide bonds. The van der Waals surface area contributed by atoms with Crippen LogP contribution in [0.3, 0.4) is 0 Å². The maximum atomic E-state index is 3.61. The molecule has 0 unspecified atom stereocenters. The Morgan fingerprint density at radius 1 is 1.29 bits per heavy atom. The lowest BCUT2D eigenvalue weighted by Gasteiger charge is -2.39. The van der Waals surface area contributed by atoms with Gasteiger partial charge in [-0.25, -0.2) is 0 Å². The van der Waals surface area contributed by atoms with E-state index in [0.29, 0.717) is 5.41 Å². The number of hydrogen-bond donors (Lipinski definition) is 0. The molecule has 0 aromatic rings. The Labute approximate surface area is 96.4 Å². The van der Waals surface area contributed by atoms with Gasteiger partial charge in [0.25, 0.3) is 0 Å². The third-order valence-corrected chi connectivity index (χ3v) is 5.46. The highest BCUT2D eigenvalue weighted by atomic mass is 79.9. The SMILES string of the molecule is CC(C)(CBr)CN1CCC2(CCC2)C1. The van der Waals surface area contributed by atoms with Crippen LogP contribution in [0.1, 0.15) is 39.5 Å². The minimum atomic E-state index is 0.440. The van der Waals surface area contributed by atoms with Gasteiger partial charge < -0.3 is 4.90 Å². The van der Waals surface area contributed by atoms with Crippen LogP contribution in [0.15, 0.2) is 0 Å². The third-order valence-electron chi connectivity index (χ3n) is 3.94. The molecular formula is C12H22BrN. The molecule has 0 aromatic heterocycles. The van der Waals surface area contributed by atoms with E-state index in [4.69, 9.17) is 0 Å². The van der Waals surface area contributed by atoms with Crippen molar-refractivity contribution in [1.82, 2.24) is 4.90 Å². The summed E-state index contributed by atoms with van der Waals surface area (Å²) < 4.78 is 0. The summed E-state index contributed by atoms with van der Waals surface area (Å²) in [6, 6.07) is 0. The maximum Gasteiger partial charge on any atom is 0.00949 e. The second-order valence-electron chi connectivity index (χ2n) is 6.11. The minimum absolute atomic E-state index is 0.440. The first-order valence-electron chi connectivity index (χ1n) is 5.84. The second-order valence-corrected chi connectivity index (χ2v) is 6.67. The molecule has 14 heavy (non-hydrogen) atoms. The molecule has 2 fully saturated rings. The van der Waals surface area contributed by atoms with Crippen LogP contribution >= 0.6 is 15.9 Å². The Hall–Kier alpha value is 0.440. The van der Waals surface area contributed by atoms with Crippen LogP contribution < -0.4 is 0 Å². The summed E-state index contributed by atoms with van der Waals surface area (Å²) in [4.78, 5) is 2.68. The number of rotatable bonds is 3. The second kappa shape index (κ2) is 3.79. The zero-order chi connectivity index (χ0) is 10.2. The highest BCUT2D eigenvalue weighted by molar-refractivity contribution is 9.09. The maximum absolute atomic E-state index is 3.61. The van der Waals surface area contributed by atoms with E-state index in [-0.39, 0.29) is 0 Å². The van der Waals surface area contributed by atoms with Crippen molar-refractivity contribution < 1.29 is 0 Å². The van der Waals surface area contributed by atoms with Gasteiger partial charge in [0.15, 0.2) is 0 Å². The van der Waals surface area contributed by atoms with Gasteiger partial charge in [-0.15, -0.1) is 0 Å². The van der Waals surface area contributed by atoms with Gasteiger partial charge in [-0.1, -0.05) is 36.2 Å². The Morgan fingerprint density at radius 3 is 2.43 bits per heavy atom. The van der Waals surface area contributed by atoms with Crippen molar-refractivity contribution in [3.63, 3.8) is 0 Å². The van der Waals surface area contributed by atoms with Gasteiger partial charge in [0, 0.05) is 18.4 Å². The predicted octanol–water partition coefficient (Wildman–Crippen LogP) is 3.28. The molecule has 1 aliphatic carbocycles. The lowest BCUT2D eigenvalue weighted by molar-refractivity contribution is 0.127. The highest BCUT2D eigenvalue weighted by Gasteiger charge is 2.43. The summed E-state index contributed by atoms with van der Waals surface area (Å²) in [7, 11) is 0. The number of likely N-dealkylation sites (tertiary alicyclic amines) is 1. The molecule has 1 nitrogen and oxygen atoms in total. The summed E-state index contributed by atoms with van der Waals surface area (Å²) in [6.45, 7) is 8.70. The summed E-state index contributed by atoms with van der Waals surface area (Å²) in [5.74, 6) is 0. The molecule has 0 atom stereocenters. The van der Waals surface area contributed by atoms with E-state index in [1.54, 1.807) is 0 Å². The van der Waals surface area contributed by atoms with E-state index in [0.717, 1.165) is 10.7 Å². The fraction of sp³-hybridized carbons (Fsp3) is 1.00. The monoisotopic (exact) mass is 259 g/mol. The van der Waals surface area contributed by atoms with Crippen molar-refractivity contribution >= 4 is 15.9 Å². The lowest BCUT2D eigenvalue weighted by Crippen LogP contribution is -2.37. The fourth-order valence-electron chi connectivity index (χ4n) is 2.90. The average molecular weight is 260 g/mol. The van der Waals surface area contributed by atoms with Crippen LogP contribution in [0, 0.1) is 10.8 Å². The van der Waals surface area contributed by atoms with Crippen molar-refractivity contribution in [2.75, 3.05) is 25.0 Å². The van der Waals surface area contributed by atoms with Gasteiger partial charge in [0.1, 0.15) is 0 Å². The topological polar surface area (TPSA) is 3.24 Å². The van der Waals surface area contributed by atoms with Gasteiger partial charge in [0.2, 0.25) is 0 Å². The predicted molar refractivity (Wildman–Crippen MR) is 64.9 cm³/mol. The van der Waals surface area contributed by atoms with Crippen LogP contribution in [-0.4, -0.2) is 29.9 Å². The molecule has 1 heterocycles. The van der Waals surface area contributed by atoms with Crippen LogP contribution in [0.2, 0.25) is 0 Å². The van der Waals surface area contributed by atoms with E-state index in [9.17, 15) is 0 Å². The van der Waals surface area contributed by atoms with E-state index in [1.165, 1.54) is 45.3 Å². The highest BCUT2D eigenvalue weighted by Crippen LogP contribution is 2.48. The molecule has 2 aliphatic rings. The van der Waals surface area contributed by atoms with E-state index >= 15 is 0 Å². The van der Waals surface area contributed by atoms with Gasteiger partial charge in [-0.3, -0.25) is 0 Å². The normalized spacial score (nSPS) is 26.8. The Kier molecular flexibility index (Phi) is 2.96. The number of hydrogen-bond acceptors (Lipinski definition) is 1. The van der Waals surface area contributed by atoms with Crippen LogP contribution in [0.4, 0.5) is 0 Å². The fourth-order valence-corrected chi connectivity index (χ4v) is 3.07. The van der Waals surface area contributed by atoms with Gasteiger partial charge in [0.05, 0.1) is 0 Å². The van der Waals surface area contributed by atoms with Crippen molar-refractivity contribution in [3.8, 4) is 0 Å². The Morgan fingerprint density at radius 2 is 2.00 bits per heavy atom. The number of halogens is 1. The smallest absolute Gasteiger partial charge is 0.00949 e. The van der Waals surface area contributed by atoms with Gasteiger partial charge in [-0.2, -0.15) is 0 Å². The third kappa shape index (κ3) is 2.16. The minimum Gasteiger partial charge on any atom is -0.302 e. The van der Waals surface area contributed by atoms with Crippen molar-refractivity contribution in [3.05, 3.63) is 0 Å². The van der Waals surface area contributed by atoms with E-state index < -0.39 is 0 Å². The first-order chi connectivity index (χ1) is 6.55. The first-order valence-corrected chi connectivity index (χ1v) is 6.96. The first kappa shape index (κ1) is 10.9. The molecule has 0 radical (unpaired) electrons. The Bertz CT molecular complexity index is 208. The molecule has 1 spiro atoms. The van der Waals surface area contributed by atoms with Crippen molar-refractivity contribution in [1.29, 1.82) is 0 Å². The summed E-state index contributed by atoms with van der Waals surface area (Å²) in [5.41, 5.74) is 1.21. The molecule has 2 rings (SSSR count). The molecule has 1 saturated heterocycles. The van der Waals surface area contributed by atoms with Crippen LogP contribution in [-0.2, 0) is 0 Å². The molecule has 82 valence electrons. The number of nitrogens with zero attached hydrogens (tertiary/aromatic N) is 1. The zero-order valence-electron chi connectivity index (χ0n) is 9.48. The van der Waals surface area contributed by atoms with E-state index in [1.807, 2.05) is 0 Å². The van der Waals surface area contributed by atoms with Crippen molar-refractivity contribution in [2.45, 2.75) is 39.5 Å². The Balaban J connectivity index is 1.84. The molecule has 1 saturated carbocycles. The molecule has 0 N–H and O–H groups in total. The van der Waals surface area contributed by atoms with Crippen molar-refractivity contribution in [2.24, 2.45) is 10.8 Å². The standard InChI is InChI=1S/C12H22BrN/c1-11(2,8-13)9-14-7-6-12(10-14)4-3-5-12/h3-10H2,1-2H3. The van der Waals surface area contributed by atoms with Gasteiger partial charge in [-0.05, 0) is 36.6 Å². The van der Waals surface area contributed by atoms with Crippen LogP contribution in [0.5, 0.6) is 0 Å². The quantitative estimate of drug-likeness (QED) is 0.704. The molecule has 0 bridgehead atoms. The summed E-state index contributed by atoms with van der Waals surface area (Å²) in [6.07, 6.45) is 5.94. The van der Waals surface area contributed by atoms with Crippen LogP contribution in [0.25, 0.3) is 0 Å². The zero-order valence-corrected chi connectivity index (χ0v) is 11.1. The molecular weight excluding hydrogens is 238 g/mol. The molecule has 1 aliphatic heterocycles. The molecule has 2 heteroatoms. The largest absolute Gasteiger partial charge is 0.302 e. The molecule has 0 aromatic carbocycles. The van der Waals surface area contributed by atoms with Gasteiger partial charge >= 0.3 is 0 Å². The lowest BCUT2D eigenvalue weighted by atomic mass is 9.68. The summed E-state index contributed by atoms with van der Waals surface area (Å²) in [5, 5.41) is 1.11. The van der Waals surface area contributed by atoms with E-state index in [2.05, 4.69) is 34.7 Å².